The van der Waals surface area contributed by atoms with Crippen LogP contribution in [0.15, 0.2) is 59.0 Å². The van der Waals surface area contributed by atoms with Gasteiger partial charge in [-0.3, -0.25) is 9.59 Å². The summed E-state index contributed by atoms with van der Waals surface area (Å²) >= 11 is 0. The van der Waals surface area contributed by atoms with Crippen molar-refractivity contribution >= 4 is 17.6 Å². The first-order valence-electron chi connectivity index (χ1n) is 10.9. The van der Waals surface area contributed by atoms with Crippen molar-refractivity contribution in [1.82, 2.24) is 9.88 Å². The van der Waals surface area contributed by atoms with Crippen LogP contribution in [0.3, 0.4) is 0 Å². The third-order valence-corrected chi connectivity index (χ3v) is 5.67. The van der Waals surface area contributed by atoms with Crippen molar-refractivity contribution in [2.45, 2.75) is 32.6 Å². The molecule has 166 valence electrons. The summed E-state index contributed by atoms with van der Waals surface area (Å²) in [4.78, 5) is 31.5. The summed E-state index contributed by atoms with van der Waals surface area (Å²) in [7, 11) is 0. The summed E-state index contributed by atoms with van der Waals surface area (Å²) < 4.78 is 19.7. The largest absolute Gasteiger partial charge is 0.461 e. The molecule has 3 heterocycles. The summed E-state index contributed by atoms with van der Waals surface area (Å²) in [6, 6.07) is 15.4. The number of benzene rings is 1. The molecule has 2 aromatic heterocycles. The van der Waals surface area contributed by atoms with E-state index in [1.165, 1.54) is 6.07 Å². The quantitative estimate of drug-likeness (QED) is 0.614. The fraction of sp³-hybridized carbons (Fsp3) is 0.320. The second-order valence-corrected chi connectivity index (χ2v) is 8.08. The van der Waals surface area contributed by atoms with Gasteiger partial charge in [0, 0.05) is 31.6 Å². The zero-order chi connectivity index (χ0) is 22.5. The van der Waals surface area contributed by atoms with E-state index in [0.29, 0.717) is 42.4 Å². The lowest BCUT2D eigenvalue weighted by molar-refractivity contribution is -0.134. The third-order valence-electron chi connectivity index (χ3n) is 5.67. The molecule has 0 radical (unpaired) electrons. The van der Waals surface area contributed by atoms with Gasteiger partial charge in [-0.15, -0.1) is 0 Å². The van der Waals surface area contributed by atoms with Gasteiger partial charge in [-0.2, -0.15) is 0 Å². The number of rotatable bonds is 6. The lowest BCUT2D eigenvalue weighted by Crippen LogP contribution is -2.43. The van der Waals surface area contributed by atoms with Crippen LogP contribution in [-0.2, 0) is 16.0 Å². The van der Waals surface area contributed by atoms with Crippen LogP contribution in [0.25, 0.3) is 11.3 Å². The zero-order valence-electron chi connectivity index (χ0n) is 18.0. The molecule has 1 aliphatic rings. The Morgan fingerprint density at radius 3 is 2.81 bits per heavy atom. The Morgan fingerprint density at radius 2 is 2.00 bits per heavy atom. The van der Waals surface area contributed by atoms with Gasteiger partial charge in [-0.25, -0.2) is 9.37 Å². The molecular weight excluding hydrogens is 409 g/mol. The van der Waals surface area contributed by atoms with Crippen molar-refractivity contribution in [3.05, 3.63) is 71.9 Å². The van der Waals surface area contributed by atoms with Gasteiger partial charge in [0.15, 0.2) is 0 Å². The van der Waals surface area contributed by atoms with Gasteiger partial charge < -0.3 is 14.6 Å². The Hall–Kier alpha value is -3.48. The Morgan fingerprint density at radius 1 is 1.16 bits per heavy atom. The molecule has 1 saturated heterocycles. The standard InChI is InChI=1S/C25H26FN3O3/c1-17-6-4-10-23(27-17)28-25(31)18-7-5-15-29(16-18)24(30)14-12-19-11-13-22(32-19)20-8-2-3-9-21(20)26/h2-4,6,8-11,13,18H,5,7,12,14-16H2,1H3,(H,27,28,31). The third kappa shape index (κ3) is 5.22. The van der Waals surface area contributed by atoms with E-state index in [4.69, 9.17) is 4.42 Å². The molecule has 1 N–H and O–H groups in total. The SMILES string of the molecule is Cc1cccc(NC(=O)C2CCCN(C(=O)CCc3ccc(-c4ccccc4F)o3)C2)n1. The Kier molecular flexibility index (Phi) is 6.63. The van der Waals surface area contributed by atoms with Crippen LogP contribution in [0.2, 0.25) is 0 Å². The Bertz CT molecular complexity index is 1110. The highest BCUT2D eigenvalue weighted by Gasteiger charge is 2.28. The highest BCUT2D eigenvalue weighted by molar-refractivity contribution is 5.92. The normalized spacial score (nSPS) is 16.1. The van der Waals surface area contributed by atoms with Crippen molar-refractivity contribution in [3.63, 3.8) is 0 Å². The van der Waals surface area contributed by atoms with Gasteiger partial charge in [0.25, 0.3) is 0 Å². The second kappa shape index (κ2) is 9.77. The van der Waals surface area contributed by atoms with E-state index in [1.807, 2.05) is 19.1 Å². The molecule has 6 nitrogen and oxygen atoms in total. The van der Waals surface area contributed by atoms with E-state index in [1.54, 1.807) is 41.3 Å². The van der Waals surface area contributed by atoms with Crippen molar-refractivity contribution in [3.8, 4) is 11.3 Å². The lowest BCUT2D eigenvalue weighted by atomic mass is 9.96. The van der Waals surface area contributed by atoms with Crippen LogP contribution in [0, 0.1) is 18.7 Å². The van der Waals surface area contributed by atoms with Crippen molar-refractivity contribution < 1.29 is 18.4 Å². The van der Waals surface area contributed by atoms with Crippen LogP contribution in [0.4, 0.5) is 10.2 Å². The number of nitrogens with zero attached hydrogens (tertiary/aromatic N) is 2. The smallest absolute Gasteiger partial charge is 0.230 e. The fourth-order valence-electron chi connectivity index (χ4n) is 3.96. The van der Waals surface area contributed by atoms with Gasteiger partial charge in [0.05, 0.1) is 11.5 Å². The zero-order valence-corrected chi connectivity index (χ0v) is 18.0. The number of aromatic nitrogens is 1. The maximum absolute atomic E-state index is 13.9. The van der Waals surface area contributed by atoms with Gasteiger partial charge in [-0.1, -0.05) is 18.2 Å². The maximum atomic E-state index is 13.9. The van der Waals surface area contributed by atoms with Crippen molar-refractivity contribution in [2.24, 2.45) is 5.92 Å². The maximum Gasteiger partial charge on any atom is 0.230 e. The number of nitrogens with one attached hydrogen (secondary N) is 1. The van der Waals surface area contributed by atoms with Crippen LogP contribution in [-0.4, -0.2) is 34.8 Å². The first-order valence-corrected chi connectivity index (χ1v) is 10.9. The number of carbonyl (C=O) groups excluding carboxylic acids is 2. The molecule has 0 spiro atoms. The Balaban J connectivity index is 1.31. The molecule has 0 aliphatic carbocycles. The van der Waals surface area contributed by atoms with Crippen LogP contribution < -0.4 is 5.32 Å². The van der Waals surface area contributed by atoms with E-state index in [2.05, 4.69) is 10.3 Å². The molecule has 7 heteroatoms. The van der Waals surface area contributed by atoms with E-state index in [0.717, 1.165) is 18.5 Å². The fourth-order valence-corrected chi connectivity index (χ4v) is 3.96. The number of hydrogen-bond donors (Lipinski definition) is 1. The highest BCUT2D eigenvalue weighted by Crippen LogP contribution is 2.26. The predicted octanol–water partition coefficient (Wildman–Crippen LogP) is 4.60. The number of aryl methyl sites for hydroxylation is 2. The predicted molar refractivity (Wildman–Crippen MR) is 119 cm³/mol. The van der Waals surface area contributed by atoms with Crippen molar-refractivity contribution in [1.29, 1.82) is 0 Å². The molecule has 32 heavy (non-hydrogen) atoms. The number of amides is 2. The highest BCUT2D eigenvalue weighted by atomic mass is 19.1. The minimum atomic E-state index is -0.344. The average Bonchev–Trinajstić information content (AvgIpc) is 3.26. The molecule has 0 bridgehead atoms. The molecule has 1 unspecified atom stereocenters. The van der Waals surface area contributed by atoms with E-state index >= 15 is 0 Å². The number of piperidine rings is 1. The summed E-state index contributed by atoms with van der Waals surface area (Å²) in [6.07, 6.45) is 2.22. The summed E-state index contributed by atoms with van der Waals surface area (Å²) in [5.74, 6) is 0.885. The number of carbonyl (C=O) groups is 2. The first kappa shape index (κ1) is 21.7. The minimum Gasteiger partial charge on any atom is -0.461 e. The van der Waals surface area contributed by atoms with Crippen LogP contribution >= 0.6 is 0 Å². The number of pyridine rings is 1. The summed E-state index contributed by atoms with van der Waals surface area (Å²) in [5, 5.41) is 2.86. The number of likely N-dealkylation sites (tertiary alicyclic amines) is 1. The second-order valence-electron chi connectivity index (χ2n) is 8.08. The minimum absolute atomic E-state index is 0.0139. The molecule has 4 rings (SSSR count). The molecule has 3 aromatic rings. The van der Waals surface area contributed by atoms with Crippen LogP contribution in [0.5, 0.6) is 0 Å². The molecule has 0 saturated carbocycles. The van der Waals surface area contributed by atoms with E-state index in [9.17, 15) is 14.0 Å². The topological polar surface area (TPSA) is 75.4 Å². The Labute approximate surface area is 186 Å². The lowest BCUT2D eigenvalue weighted by Gasteiger charge is -2.32. The molecular formula is C25H26FN3O3. The summed E-state index contributed by atoms with van der Waals surface area (Å²) in [5.41, 5.74) is 1.23. The van der Waals surface area contributed by atoms with Gasteiger partial charge in [0.1, 0.15) is 23.2 Å². The molecule has 1 fully saturated rings. The summed E-state index contributed by atoms with van der Waals surface area (Å²) in [6.45, 7) is 2.91. The van der Waals surface area contributed by atoms with Gasteiger partial charge >= 0.3 is 0 Å². The van der Waals surface area contributed by atoms with E-state index < -0.39 is 0 Å². The molecule has 1 atom stereocenters. The van der Waals surface area contributed by atoms with Gasteiger partial charge in [0.2, 0.25) is 11.8 Å². The molecule has 1 aliphatic heterocycles. The molecule has 1 aromatic carbocycles. The van der Waals surface area contributed by atoms with E-state index in [-0.39, 0.29) is 30.0 Å². The molecule has 2 amide bonds. The number of halogens is 1. The van der Waals surface area contributed by atoms with Crippen molar-refractivity contribution in [2.75, 3.05) is 18.4 Å². The number of hydrogen-bond acceptors (Lipinski definition) is 4. The number of furan rings is 1. The number of anilines is 1. The van der Waals surface area contributed by atoms with Gasteiger partial charge in [-0.05, 0) is 56.2 Å². The average molecular weight is 435 g/mol. The van der Waals surface area contributed by atoms with Crippen LogP contribution in [0.1, 0.15) is 30.7 Å². The monoisotopic (exact) mass is 435 g/mol. The first-order chi connectivity index (χ1) is 15.5.